The first-order valence-electron chi connectivity index (χ1n) is 7.76. The fourth-order valence-corrected chi connectivity index (χ4v) is 2.41. The van der Waals surface area contributed by atoms with Crippen molar-refractivity contribution >= 4 is 5.91 Å². The summed E-state index contributed by atoms with van der Waals surface area (Å²) in [5, 5.41) is 9.02. The first-order valence-corrected chi connectivity index (χ1v) is 7.76. The summed E-state index contributed by atoms with van der Waals surface area (Å²) in [6.45, 7) is 0.811. The number of carbonyl (C=O) groups excluding carboxylic acids is 1. The summed E-state index contributed by atoms with van der Waals surface area (Å²) in [6, 6.07) is 12.5. The molecule has 0 radical (unpaired) electrons. The van der Waals surface area contributed by atoms with E-state index >= 15 is 0 Å². The number of likely N-dealkylation sites (tertiary alicyclic amines) is 1. The van der Waals surface area contributed by atoms with Gasteiger partial charge in [-0.25, -0.2) is 4.98 Å². The van der Waals surface area contributed by atoms with Crippen LogP contribution in [-0.2, 0) is 4.79 Å². The molecule has 0 atom stereocenters. The summed E-state index contributed by atoms with van der Waals surface area (Å²) < 4.78 is 16.4. The van der Waals surface area contributed by atoms with E-state index in [1.807, 2.05) is 18.2 Å². The van der Waals surface area contributed by atoms with E-state index in [1.165, 1.54) is 0 Å². The molecule has 0 aliphatic carbocycles. The maximum Gasteiger partial charge on any atom is 0.260 e. The van der Waals surface area contributed by atoms with Gasteiger partial charge in [0.1, 0.15) is 17.7 Å². The molecule has 128 valence electrons. The highest BCUT2D eigenvalue weighted by Crippen LogP contribution is 2.26. The van der Waals surface area contributed by atoms with E-state index in [2.05, 4.69) is 4.98 Å². The fraction of sp³-hybridized carbons (Fsp3) is 0.278. The van der Waals surface area contributed by atoms with Gasteiger partial charge in [0.05, 0.1) is 20.2 Å². The maximum absolute atomic E-state index is 12.2. The summed E-state index contributed by atoms with van der Waals surface area (Å²) in [6.07, 6.45) is 1.40. The number of benzene rings is 1. The van der Waals surface area contributed by atoms with Crippen LogP contribution >= 0.6 is 0 Å². The van der Waals surface area contributed by atoms with Gasteiger partial charge in [0, 0.05) is 6.20 Å². The zero-order chi connectivity index (χ0) is 17.6. The van der Waals surface area contributed by atoms with Crippen LogP contribution in [0.2, 0.25) is 0 Å². The molecule has 2 aromatic rings. The second-order valence-corrected chi connectivity index (χ2v) is 5.45. The molecule has 0 bridgehead atoms. The minimum Gasteiger partial charge on any atom is -0.493 e. The van der Waals surface area contributed by atoms with E-state index in [0.717, 1.165) is 0 Å². The average Bonchev–Trinajstić information content (AvgIpc) is 2.62. The van der Waals surface area contributed by atoms with Crippen molar-refractivity contribution in [2.45, 2.75) is 6.10 Å². The molecule has 1 fully saturated rings. The molecule has 2 heterocycles. The lowest BCUT2D eigenvalue weighted by atomic mass is 10.1. The van der Waals surface area contributed by atoms with Gasteiger partial charge < -0.3 is 19.1 Å². The molecule has 0 N–H and O–H groups in total. The summed E-state index contributed by atoms with van der Waals surface area (Å²) in [7, 11) is 1.55. The SMILES string of the molecule is COc1ccccc1OCC(=O)N1CC(Oc2ncccc2C#N)C1. The van der Waals surface area contributed by atoms with Crippen molar-refractivity contribution in [2.75, 3.05) is 26.8 Å². The highest BCUT2D eigenvalue weighted by atomic mass is 16.5. The number of rotatable bonds is 6. The number of para-hydroxylation sites is 2. The molecule has 0 spiro atoms. The number of carbonyl (C=O) groups is 1. The lowest BCUT2D eigenvalue weighted by Gasteiger charge is -2.38. The number of nitrogens with zero attached hydrogens (tertiary/aromatic N) is 3. The van der Waals surface area contributed by atoms with Crippen molar-refractivity contribution in [1.82, 2.24) is 9.88 Å². The van der Waals surface area contributed by atoms with Crippen LogP contribution < -0.4 is 14.2 Å². The lowest BCUT2D eigenvalue weighted by Crippen LogP contribution is -2.57. The molecule has 1 aromatic carbocycles. The largest absolute Gasteiger partial charge is 0.493 e. The predicted octanol–water partition coefficient (Wildman–Crippen LogP) is 1.63. The van der Waals surface area contributed by atoms with Crippen LogP contribution in [0.15, 0.2) is 42.6 Å². The molecule has 0 unspecified atom stereocenters. The molecule has 7 nitrogen and oxygen atoms in total. The average molecular weight is 339 g/mol. The van der Waals surface area contributed by atoms with Crippen LogP contribution in [0.4, 0.5) is 0 Å². The highest BCUT2D eigenvalue weighted by molar-refractivity contribution is 5.78. The third kappa shape index (κ3) is 3.80. The Balaban J connectivity index is 1.48. The summed E-state index contributed by atoms with van der Waals surface area (Å²) in [5.74, 6) is 1.28. The number of methoxy groups -OCH3 is 1. The smallest absolute Gasteiger partial charge is 0.260 e. The number of amides is 1. The van der Waals surface area contributed by atoms with Crippen molar-refractivity contribution in [3.63, 3.8) is 0 Å². The maximum atomic E-state index is 12.2. The van der Waals surface area contributed by atoms with Gasteiger partial charge >= 0.3 is 0 Å². The van der Waals surface area contributed by atoms with Crippen molar-refractivity contribution < 1.29 is 19.0 Å². The number of hydrogen-bond donors (Lipinski definition) is 0. The van der Waals surface area contributed by atoms with Crippen LogP contribution in [0.25, 0.3) is 0 Å². The number of ether oxygens (including phenoxy) is 3. The van der Waals surface area contributed by atoms with Crippen molar-refractivity contribution in [2.24, 2.45) is 0 Å². The Morgan fingerprint density at radius 3 is 2.76 bits per heavy atom. The minimum absolute atomic E-state index is 0.0693. The Labute approximate surface area is 145 Å². The third-order valence-corrected chi connectivity index (χ3v) is 3.79. The molecule has 1 aliphatic heterocycles. The summed E-state index contributed by atoms with van der Waals surface area (Å²) in [4.78, 5) is 17.8. The normalized spacial score (nSPS) is 13.5. The lowest BCUT2D eigenvalue weighted by molar-refractivity contribution is -0.142. The van der Waals surface area contributed by atoms with Gasteiger partial charge in [-0.05, 0) is 24.3 Å². The quantitative estimate of drug-likeness (QED) is 0.795. The van der Waals surface area contributed by atoms with Crippen LogP contribution in [0.3, 0.4) is 0 Å². The van der Waals surface area contributed by atoms with Crippen LogP contribution in [0.5, 0.6) is 17.4 Å². The van der Waals surface area contributed by atoms with Gasteiger partial charge in [-0.2, -0.15) is 5.26 Å². The standard InChI is InChI=1S/C18H17N3O4/c1-23-15-6-2-3-7-16(15)24-12-17(22)21-10-14(11-21)25-18-13(9-19)5-4-8-20-18/h2-8,14H,10-12H2,1H3. The molecular weight excluding hydrogens is 322 g/mol. The molecule has 7 heteroatoms. The van der Waals surface area contributed by atoms with Crippen LogP contribution in [0.1, 0.15) is 5.56 Å². The van der Waals surface area contributed by atoms with Crippen molar-refractivity contribution in [3.05, 3.63) is 48.2 Å². The Bertz CT molecular complexity index is 797. The molecule has 1 saturated heterocycles. The van der Waals surface area contributed by atoms with E-state index in [-0.39, 0.29) is 18.6 Å². The fourth-order valence-electron chi connectivity index (χ4n) is 2.41. The minimum atomic E-state index is -0.169. The third-order valence-electron chi connectivity index (χ3n) is 3.79. The number of hydrogen-bond acceptors (Lipinski definition) is 6. The number of aromatic nitrogens is 1. The van der Waals surface area contributed by atoms with Crippen LogP contribution in [0, 0.1) is 11.3 Å². The van der Waals surface area contributed by atoms with E-state index < -0.39 is 0 Å². The van der Waals surface area contributed by atoms with E-state index in [4.69, 9.17) is 19.5 Å². The molecular formula is C18H17N3O4. The van der Waals surface area contributed by atoms with Gasteiger partial charge in [0.15, 0.2) is 18.1 Å². The van der Waals surface area contributed by atoms with Gasteiger partial charge in [-0.15, -0.1) is 0 Å². The zero-order valence-corrected chi connectivity index (χ0v) is 13.7. The first-order chi connectivity index (χ1) is 12.2. The molecule has 25 heavy (non-hydrogen) atoms. The topological polar surface area (TPSA) is 84.7 Å². The Morgan fingerprint density at radius 2 is 2.04 bits per heavy atom. The van der Waals surface area contributed by atoms with Gasteiger partial charge in [-0.1, -0.05) is 12.1 Å². The number of nitriles is 1. The Hall–Kier alpha value is -3.27. The second kappa shape index (κ2) is 7.53. The Morgan fingerprint density at radius 1 is 1.28 bits per heavy atom. The molecule has 0 saturated carbocycles. The molecule has 1 aliphatic rings. The first kappa shape index (κ1) is 16.6. The van der Waals surface area contributed by atoms with E-state index in [1.54, 1.807) is 42.5 Å². The second-order valence-electron chi connectivity index (χ2n) is 5.45. The summed E-state index contributed by atoms with van der Waals surface area (Å²) >= 11 is 0. The molecule has 3 rings (SSSR count). The van der Waals surface area contributed by atoms with Gasteiger partial charge in [0.2, 0.25) is 5.88 Å². The summed E-state index contributed by atoms with van der Waals surface area (Å²) in [5.41, 5.74) is 0.381. The van der Waals surface area contributed by atoms with Crippen molar-refractivity contribution in [1.29, 1.82) is 5.26 Å². The van der Waals surface area contributed by atoms with Gasteiger partial charge in [0.25, 0.3) is 5.91 Å². The predicted molar refractivity (Wildman–Crippen MR) is 88.4 cm³/mol. The molecule has 1 aromatic heterocycles. The highest BCUT2D eigenvalue weighted by Gasteiger charge is 2.33. The molecule has 1 amide bonds. The number of pyridine rings is 1. The van der Waals surface area contributed by atoms with Crippen molar-refractivity contribution in [3.8, 4) is 23.4 Å². The van der Waals surface area contributed by atoms with E-state index in [9.17, 15) is 4.79 Å². The monoisotopic (exact) mass is 339 g/mol. The van der Waals surface area contributed by atoms with E-state index in [0.29, 0.717) is 36.0 Å². The zero-order valence-electron chi connectivity index (χ0n) is 13.7. The van der Waals surface area contributed by atoms with Gasteiger partial charge in [-0.3, -0.25) is 4.79 Å². The Kier molecular flexibility index (Phi) is 5.00. The van der Waals surface area contributed by atoms with Crippen LogP contribution in [-0.4, -0.2) is 48.7 Å².